The van der Waals surface area contributed by atoms with Gasteiger partial charge < -0.3 is 15.0 Å². The van der Waals surface area contributed by atoms with Gasteiger partial charge in [-0.1, -0.05) is 11.6 Å². The summed E-state index contributed by atoms with van der Waals surface area (Å²) < 4.78 is 5.19. The van der Waals surface area contributed by atoms with E-state index in [2.05, 4.69) is 10.2 Å². The molecular weight excluding hydrogens is 272 g/mol. The van der Waals surface area contributed by atoms with E-state index < -0.39 is 0 Å². The summed E-state index contributed by atoms with van der Waals surface area (Å²) in [5, 5.41) is 3.92. The zero-order valence-corrected chi connectivity index (χ0v) is 12.7. The number of hydrogen-bond acceptors (Lipinski definition) is 3. The molecule has 3 nitrogen and oxygen atoms in total. The fourth-order valence-corrected chi connectivity index (χ4v) is 2.35. The summed E-state index contributed by atoms with van der Waals surface area (Å²) >= 11 is 6.08. The average molecular weight is 291 g/mol. The second kappa shape index (κ2) is 6.64. The number of rotatable bonds is 5. The first-order valence-electron chi connectivity index (χ1n) is 6.46. The molecule has 0 aliphatic carbocycles. The lowest BCUT2D eigenvalue weighted by Gasteiger charge is -2.23. The van der Waals surface area contributed by atoms with Crippen LogP contribution < -0.4 is 15.0 Å². The van der Waals surface area contributed by atoms with Crippen LogP contribution in [0.25, 0.3) is 0 Å². The molecule has 0 aliphatic rings. The molecule has 0 heterocycles. The van der Waals surface area contributed by atoms with Crippen LogP contribution in [0.5, 0.6) is 5.75 Å². The van der Waals surface area contributed by atoms with Crippen molar-refractivity contribution in [2.24, 2.45) is 0 Å². The Hall–Kier alpha value is -1.71. The molecule has 2 aromatic carbocycles. The maximum Gasteiger partial charge on any atom is 0.119 e. The second-order valence-corrected chi connectivity index (χ2v) is 5.00. The van der Waals surface area contributed by atoms with Crippen molar-refractivity contribution in [3.8, 4) is 5.75 Å². The van der Waals surface area contributed by atoms with Gasteiger partial charge in [-0.2, -0.15) is 0 Å². The fraction of sp³-hybridized carbons (Fsp3) is 0.250. The molecule has 0 radical (unpaired) electrons. The minimum absolute atomic E-state index is 0.752. The number of ether oxygens (including phenoxy) is 1. The zero-order valence-electron chi connectivity index (χ0n) is 12.0. The molecule has 1 N–H and O–H groups in total. The maximum absolute atomic E-state index is 6.08. The number of methoxy groups -OCH3 is 1. The first kappa shape index (κ1) is 14.7. The first-order chi connectivity index (χ1) is 9.65. The summed E-state index contributed by atoms with van der Waals surface area (Å²) in [6, 6.07) is 13.9. The van der Waals surface area contributed by atoms with Crippen LogP contribution in [0, 0.1) is 0 Å². The van der Waals surface area contributed by atoms with E-state index in [4.69, 9.17) is 16.3 Å². The number of halogens is 1. The van der Waals surface area contributed by atoms with Gasteiger partial charge >= 0.3 is 0 Å². The van der Waals surface area contributed by atoms with Crippen molar-refractivity contribution < 1.29 is 4.74 Å². The third-order valence-electron chi connectivity index (χ3n) is 3.23. The number of nitrogens with one attached hydrogen (secondary N) is 1. The lowest BCUT2D eigenvalue weighted by atomic mass is 10.1. The highest BCUT2D eigenvalue weighted by Gasteiger charge is 2.09. The van der Waals surface area contributed by atoms with Crippen molar-refractivity contribution in [2.75, 3.05) is 26.1 Å². The zero-order chi connectivity index (χ0) is 14.5. The lowest BCUT2D eigenvalue weighted by Crippen LogP contribution is -2.14. The van der Waals surface area contributed by atoms with Crippen LogP contribution in [0.2, 0.25) is 5.02 Å². The molecule has 0 saturated heterocycles. The molecule has 0 saturated carbocycles. The molecule has 0 bridgehead atoms. The van der Waals surface area contributed by atoms with E-state index in [0.717, 1.165) is 28.7 Å². The van der Waals surface area contributed by atoms with Crippen molar-refractivity contribution >= 4 is 23.0 Å². The molecule has 0 unspecified atom stereocenters. The van der Waals surface area contributed by atoms with Gasteiger partial charge in [0.1, 0.15) is 5.75 Å². The van der Waals surface area contributed by atoms with E-state index in [9.17, 15) is 0 Å². The smallest absolute Gasteiger partial charge is 0.119 e. The minimum atomic E-state index is 0.752. The Morgan fingerprint density at radius 3 is 2.45 bits per heavy atom. The molecule has 0 amide bonds. The van der Waals surface area contributed by atoms with Gasteiger partial charge in [0.15, 0.2) is 0 Å². The fourth-order valence-electron chi connectivity index (χ4n) is 2.16. The Kier molecular flexibility index (Phi) is 4.88. The number of hydrogen-bond donors (Lipinski definition) is 1. The van der Waals surface area contributed by atoms with Gasteiger partial charge in [0.2, 0.25) is 0 Å². The molecule has 0 aliphatic heterocycles. The van der Waals surface area contributed by atoms with Gasteiger partial charge in [0.25, 0.3) is 0 Å². The third-order valence-corrected chi connectivity index (χ3v) is 3.46. The summed E-state index contributed by atoms with van der Waals surface area (Å²) in [4.78, 5) is 2.14. The Bertz CT molecular complexity index is 569. The van der Waals surface area contributed by atoms with Crippen molar-refractivity contribution in [1.82, 2.24) is 5.32 Å². The molecule has 0 aromatic heterocycles. The van der Waals surface area contributed by atoms with E-state index in [1.165, 1.54) is 5.56 Å². The SMILES string of the molecule is CNCc1cc(Cl)ccc1N(C)c1ccc(OC)cc1. The summed E-state index contributed by atoms with van der Waals surface area (Å²) in [6.45, 7) is 0.774. The lowest BCUT2D eigenvalue weighted by molar-refractivity contribution is 0.415. The van der Waals surface area contributed by atoms with Crippen molar-refractivity contribution in [3.63, 3.8) is 0 Å². The van der Waals surface area contributed by atoms with E-state index in [0.29, 0.717) is 0 Å². The topological polar surface area (TPSA) is 24.5 Å². The Morgan fingerprint density at radius 2 is 1.85 bits per heavy atom. The van der Waals surface area contributed by atoms with Gasteiger partial charge in [-0.25, -0.2) is 0 Å². The van der Waals surface area contributed by atoms with Gasteiger partial charge in [-0.3, -0.25) is 0 Å². The number of anilines is 2. The molecule has 106 valence electrons. The van der Waals surface area contributed by atoms with Crippen LogP contribution in [0.4, 0.5) is 11.4 Å². The Labute approximate surface area is 125 Å². The predicted molar refractivity (Wildman–Crippen MR) is 85.3 cm³/mol. The minimum Gasteiger partial charge on any atom is -0.497 e. The van der Waals surface area contributed by atoms with Crippen LogP contribution in [-0.2, 0) is 6.54 Å². The normalized spacial score (nSPS) is 10.4. The largest absolute Gasteiger partial charge is 0.497 e. The molecule has 2 aromatic rings. The summed E-state index contributed by atoms with van der Waals surface area (Å²) in [5.74, 6) is 0.855. The summed E-state index contributed by atoms with van der Waals surface area (Å²) in [6.07, 6.45) is 0. The van der Waals surface area contributed by atoms with Crippen LogP contribution in [0.3, 0.4) is 0 Å². The van der Waals surface area contributed by atoms with E-state index in [1.807, 2.05) is 56.6 Å². The monoisotopic (exact) mass is 290 g/mol. The van der Waals surface area contributed by atoms with Gasteiger partial charge in [-0.15, -0.1) is 0 Å². The van der Waals surface area contributed by atoms with Crippen molar-refractivity contribution in [1.29, 1.82) is 0 Å². The predicted octanol–water partition coefficient (Wildman–Crippen LogP) is 3.84. The Balaban J connectivity index is 2.33. The summed E-state index contributed by atoms with van der Waals surface area (Å²) in [7, 11) is 5.64. The average Bonchev–Trinajstić information content (AvgIpc) is 2.47. The Morgan fingerprint density at radius 1 is 1.15 bits per heavy atom. The van der Waals surface area contributed by atoms with Crippen LogP contribution in [-0.4, -0.2) is 21.2 Å². The quantitative estimate of drug-likeness (QED) is 0.905. The molecular formula is C16H19ClN2O. The van der Waals surface area contributed by atoms with E-state index in [-0.39, 0.29) is 0 Å². The molecule has 0 atom stereocenters. The molecule has 2 rings (SSSR count). The van der Waals surface area contributed by atoms with Crippen LogP contribution in [0.15, 0.2) is 42.5 Å². The number of benzene rings is 2. The van der Waals surface area contributed by atoms with E-state index >= 15 is 0 Å². The number of nitrogens with zero attached hydrogens (tertiary/aromatic N) is 1. The molecule has 4 heteroatoms. The highest BCUT2D eigenvalue weighted by molar-refractivity contribution is 6.30. The van der Waals surface area contributed by atoms with Gasteiger partial charge in [0, 0.05) is 30.0 Å². The van der Waals surface area contributed by atoms with Crippen LogP contribution >= 0.6 is 11.6 Å². The molecule has 0 spiro atoms. The van der Waals surface area contributed by atoms with E-state index in [1.54, 1.807) is 7.11 Å². The molecule has 0 fully saturated rings. The van der Waals surface area contributed by atoms with Crippen molar-refractivity contribution in [2.45, 2.75) is 6.54 Å². The third kappa shape index (κ3) is 3.24. The highest BCUT2D eigenvalue weighted by Crippen LogP contribution is 2.30. The maximum atomic E-state index is 6.08. The van der Waals surface area contributed by atoms with Gasteiger partial charge in [0.05, 0.1) is 7.11 Å². The van der Waals surface area contributed by atoms with Gasteiger partial charge in [-0.05, 0) is 55.1 Å². The standard InChI is InChI=1S/C16H19ClN2O/c1-18-11-12-10-13(17)4-9-16(12)19(2)14-5-7-15(20-3)8-6-14/h4-10,18H,11H2,1-3H3. The highest BCUT2D eigenvalue weighted by atomic mass is 35.5. The summed E-state index contributed by atoms with van der Waals surface area (Å²) in [5.41, 5.74) is 3.40. The van der Waals surface area contributed by atoms with Crippen LogP contribution in [0.1, 0.15) is 5.56 Å². The molecule has 20 heavy (non-hydrogen) atoms. The second-order valence-electron chi connectivity index (χ2n) is 4.56. The first-order valence-corrected chi connectivity index (χ1v) is 6.84. The van der Waals surface area contributed by atoms with Crippen molar-refractivity contribution in [3.05, 3.63) is 53.1 Å².